The van der Waals surface area contributed by atoms with Crippen LogP contribution in [0.15, 0.2) is 82.8 Å². The maximum absolute atomic E-state index is 16.3. The molecule has 2 saturated heterocycles. The van der Waals surface area contributed by atoms with Crippen LogP contribution in [-0.2, 0) is 19.1 Å². The van der Waals surface area contributed by atoms with Crippen LogP contribution in [-0.4, -0.2) is 142 Å². The standard InChI is InChI=1S/C68H91N5O12S2/c1-5-51-56(54(63(82)85-51)39-18-21-71-29-39)43-8-6-7-38-27-68(84)58-47(65(3)28-50(78)60(80)46-33-87-86-32-41(35-11-14-42(76)15-12-35)25-49(77)48(31-75)73-59(58)61(81)57(46)65)17-19-67(68,20-22-72-64(69)70)62(38)66(4,83)52(79)26-40(30-74)53-37-13-16-44(43)55(53)45-23-34(2)9-10-36(45)24-37/h11-16,18,21,24,29,34,37-38,40-41,43-48,50-57,60,62,71,73-76,78-80,83-84H,5,7,9-10,17,19-20,22-23,25-28,30-33H2,1-4H3,(H4,69,70,72)/t34-,37-,38+,40+,41-,43-,44-,45+,46+,47+,48-,50+,51-,52-,53+,54+,55+,56+,57+,60-,62-,65-,66+,67+,68-/m1/s1. The Morgan fingerprint density at radius 3 is 2.41 bits per heavy atom. The van der Waals surface area contributed by atoms with Crippen LogP contribution < -0.4 is 16.8 Å². The maximum Gasteiger partial charge on any atom is 0.314 e. The number of rotatable bonds is 9. The van der Waals surface area contributed by atoms with Crippen LogP contribution in [0.25, 0.3) is 0 Å². The van der Waals surface area contributed by atoms with Crippen molar-refractivity contribution in [2.45, 2.75) is 158 Å². The Bertz CT molecular complexity index is 3120. The van der Waals surface area contributed by atoms with Crippen LogP contribution in [0, 0.1) is 106 Å². The molecule has 14 N–H and O–H groups in total. The molecular formula is C68H91N5O12S2. The number of nitrogens with zero attached hydrogens (tertiary/aromatic N) is 1. The van der Waals surface area contributed by atoms with Gasteiger partial charge in [-0.25, -0.2) is 0 Å². The van der Waals surface area contributed by atoms with E-state index in [1.165, 1.54) is 27.2 Å². The number of hydrogen-bond acceptors (Lipinski definition) is 16. The third-order valence-electron chi connectivity index (χ3n) is 24.1. The van der Waals surface area contributed by atoms with Gasteiger partial charge in [-0.05, 0) is 165 Å². The van der Waals surface area contributed by atoms with Crippen molar-refractivity contribution in [3.05, 3.63) is 88.9 Å². The summed E-state index contributed by atoms with van der Waals surface area (Å²) in [7, 11) is 2.96. The Balaban J connectivity index is 1.05. The second-order valence-electron chi connectivity index (χ2n) is 28.6. The number of esters is 1. The molecule has 1 aromatic carbocycles. The van der Waals surface area contributed by atoms with Gasteiger partial charge in [0.15, 0.2) is 17.5 Å². The normalized spacial score (nSPS) is 45.2. The lowest BCUT2D eigenvalue weighted by Crippen LogP contribution is -2.67. The van der Waals surface area contributed by atoms with Gasteiger partial charge in [0.25, 0.3) is 0 Å². The lowest BCUT2D eigenvalue weighted by molar-refractivity contribution is -0.194. The van der Waals surface area contributed by atoms with Gasteiger partial charge in [0.05, 0.1) is 47.7 Å². The number of aromatic amines is 1. The third-order valence-corrected chi connectivity index (χ3v) is 26.7. The molecule has 19 heteroatoms. The second-order valence-corrected chi connectivity index (χ2v) is 31.1. The van der Waals surface area contributed by atoms with Crippen LogP contribution in [0.5, 0.6) is 5.75 Å². The Labute approximate surface area is 518 Å². The number of phenolic OH excluding ortho intramolecular Hbond substituents is 1. The van der Waals surface area contributed by atoms with Gasteiger partial charge in [-0.15, -0.1) is 5.92 Å². The third kappa shape index (κ3) is 10.5. The number of allylic oxidation sites excluding steroid dienone is 5. The van der Waals surface area contributed by atoms with Crippen LogP contribution >= 0.6 is 21.6 Å². The molecule has 17 nitrogen and oxygen atoms in total. The molecule has 2 aromatic rings. The summed E-state index contributed by atoms with van der Waals surface area (Å²) in [5, 5.41) is 103. The number of benzene rings is 1. The van der Waals surface area contributed by atoms with Gasteiger partial charge in [-0.3, -0.25) is 19.4 Å². The minimum Gasteiger partial charge on any atom is -0.508 e. The van der Waals surface area contributed by atoms with E-state index < -0.39 is 112 Å². The van der Waals surface area contributed by atoms with Crippen molar-refractivity contribution >= 4 is 45.1 Å². The summed E-state index contributed by atoms with van der Waals surface area (Å²) in [5.41, 5.74) is 8.98. The van der Waals surface area contributed by atoms with Crippen molar-refractivity contribution in [3.8, 4) is 17.6 Å². The average Bonchev–Trinajstić information content (AvgIpc) is 1.64. The van der Waals surface area contributed by atoms with Crippen molar-refractivity contribution in [2.75, 3.05) is 31.3 Å². The van der Waals surface area contributed by atoms with Crippen LogP contribution in [0.1, 0.15) is 128 Å². The molecule has 0 unspecified atom stereocenters. The number of aliphatic imine (C=N–C) groups is 1. The molecule has 0 amide bonds. The number of guanidine groups is 1. The number of ether oxygens (including phenoxy) is 1. The molecule has 0 radical (unpaired) electrons. The molecule has 10 aliphatic rings. The number of aromatic hydroxyl groups is 1. The number of carbonyl (C=O) groups excluding carboxylic acids is 3. The number of hydrogen-bond donors (Lipinski definition) is 12. The largest absolute Gasteiger partial charge is 0.508 e. The molecule has 8 aliphatic carbocycles. The predicted octanol–water partition coefficient (Wildman–Crippen LogP) is 6.02. The monoisotopic (exact) mass is 1230 g/mol. The first-order valence-electron chi connectivity index (χ1n) is 32.2. The Hall–Kier alpha value is -4.62. The SMILES string of the molecule is CC[C@H]1OC(=O)[C@@H](c2cc[nH]c2)[C@H]1[C@@H]1C#CC[C@H]2C[C@@]3(O)C4=C5N[C@H](CO)C(=O)C[C@@H](c6ccc(O)cc6)CSSC[C@@H]6[C@@H](O)[C@@H](O)C[C@@](C)([C@@H]6C5=O)[C@H]4CC[C@]3(CCN=C(N)N)[C@H]2[C@@](C)(O)[C@H](O)C[C@@H](CO)[C@@H]2[C@@H]3C=C[C@H]1[C@H]2[C@H]1C[C@H](C)CCC1=C3. The molecule has 1 aromatic heterocycles. The zero-order valence-corrected chi connectivity index (χ0v) is 52.2. The van der Waals surface area contributed by atoms with E-state index in [-0.39, 0.29) is 134 Å². The molecule has 25 atom stereocenters. The molecule has 2 aliphatic heterocycles. The first-order chi connectivity index (χ1) is 41.6. The summed E-state index contributed by atoms with van der Waals surface area (Å²) in [5.74, 6) is 0.852. The number of phenols is 1. The first-order valence-corrected chi connectivity index (χ1v) is 34.7. The van der Waals surface area contributed by atoms with E-state index in [1.54, 1.807) is 31.2 Å². The number of nitrogens with one attached hydrogen (secondary N) is 2. The number of fused-ring (bicyclic) bond motifs is 8. The molecule has 3 heterocycles. The van der Waals surface area contributed by atoms with Gasteiger partial charge in [-0.1, -0.05) is 84.2 Å². The number of aromatic nitrogens is 1. The minimum atomic E-state index is -2.03. The summed E-state index contributed by atoms with van der Waals surface area (Å²) in [6, 6.07) is 7.25. The lowest BCUT2D eigenvalue weighted by atomic mass is 9.43. The highest BCUT2D eigenvalue weighted by atomic mass is 33.1. The van der Waals surface area contributed by atoms with Gasteiger partial charge < -0.3 is 67.4 Å². The molecule has 6 bridgehead atoms. The summed E-state index contributed by atoms with van der Waals surface area (Å²) in [6.07, 6.45) is 10.4. The van der Waals surface area contributed by atoms with E-state index in [0.29, 0.717) is 30.1 Å². The number of nitrogens with two attached hydrogens (primary N) is 2. The highest BCUT2D eigenvalue weighted by Gasteiger charge is 2.75. The summed E-state index contributed by atoms with van der Waals surface area (Å²) in [4.78, 5) is 53.3. The molecule has 472 valence electrons. The summed E-state index contributed by atoms with van der Waals surface area (Å²) in [6.45, 7) is 6.96. The highest BCUT2D eigenvalue weighted by molar-refractivity contribution is 8.76. The number of H-pyrrole nitrogens is 1. The number of carbonyl (C=O) groups is 3. The molecular weight excluding hydrogens is 1140 g/mol. The van der Waals surface area contributed by atoms with Gasteiger partial charge in [0.2, 0.25) is 0 Å². The summed E-state index contributed by atoms with van der Waals surface area (Å²) >= 11 is 0. The Kier molecular flexibility index (Phi) is 17.4. The van der Waals surface area contributed by atoms with Crippen molar-refractivity contribution in [2.24, 2.45) is 110 Å². The number of Topliss-reactive ketones (excluding diaryl/α,β-unsaturated/α-hetero) is 2. The Morgan fingerprint density at radius 2 is 1.70 bits per heavy atom. The molecule has 6 fully saturated rings. The topological polar surface area (TPSA) is 315 Å². The second kappa shape index (κ2) is 24.2. The van der Waals surface area contributed by atoms with E-state index in [1.807, 2.05) is 32.3 Å². The zero-order valence-electron chi connectivity index (χ0n) is 50.5. The maximum atomic E-state index is 16.3. The fourth-order valence-corrected chi connectivity index (χ4v) is 23.2. The van der Waals surface area contributed by atoms with Crippen molar-refractivity contribution in [1.29, 1.82) is 0 Å². The number of cyclic esters (lactones) is 1. The van der Waals surface area contributed by atoms with E-state index in [2.05, 4.69) is 52.3 Å². The fourth-order valence-electron chi connectivity index (χ4n) is 20.4. The number of aliphatic hydroxyl groups is 7. The Morgan fingerprint density at radius 1 is 0.931 bits per heavy atom. The van der Waals surface area contributed by atoms with Gasteiger partial charge in [-0.2, -0.15) is 0 Å². The van der Waals surface area contributed by atoms with Crippen LogP contribution in [0.4, 0.5) is 0 Å². The van der Waals surface area contributed by atoms with E-state index in [4.69, 9.17) is 16.2 Å². The van der Waals surface area contributed by atoms with Gasteiger partial charge in [0.1, 0.15) is 17.9 Å². The zero-order chi connectivity index (χ0) is 61.6. The van der Waals surface area contributed by atoms with Crippen molar-refractivity contribution < 1.29 is 60.0 Å². The molecule has 87 heavy (non-hydrogen) atoms. The smallest absolute Gasteiger partial charge is 0.314 e. The summed E-state index contributed by atoms with van der Waals surface area (Å²) < 4.78 is 6.37. The molecule has 4 saturated carbocycles. The number of ketones is 2. The van der Waals surface area contributed by atoms with E-state index in [0.717, 1.165) is 30.4 Å². The lowest BCUT2D eigenvalue weighted by Gasteiger charge is -2.63. The van der Waals surface area contributed by atoms with Crippen molar-refractivity contribution in [3.63, 3.8) is 0 Å². The van der Waals surface area contributed by atoms with Crippen molar-refractivity contribution in [1.82, 2.24) is 10.3 Å². The van der Waals surface area contributed by atoms with Crippen LogP contribution in [0.2, 0.25) is 0 Å². The highest BCUT2D eigenvalue weighted by Crippen LogP contribution is 2.73. The molecule has 12 rings (SSSR count). The average molecular weight is 1230 g/mol. The first kappa shape index (κ1) is 62.6. The van der Waals surface area contributed by atoms with Crippen LogP contribution in [0.3, 0.4) is 0 Å². The minimum absolute atomic E-state index is 0.0121. The van der Waals surface area contributed by atoms with Gasteiger partial charge in [0, 0.05) is 90.8 Å². The predicted molar refractivity (Wildman–Crippen MR) is 333 cm³/mol. The van der Waals surface area contributed by atoms with E-state index in [9.17, 15) is 50.4 Å². The fraction of sp³-hybridized carbons (Fsp3) is 0.676. The number of aliphatic hydroxyl groups excluding tert-OH is 5. The molecule has 0 spiro atoms. The van der Waals surface area contributed by atoms with Gasteiger partial charge >= 0.3 is 5.97 Å². The van der Waals surface area contributed by atoms with E-state index >= 15 is 4.79 Å². The quantitative estimate of drug-likeness (QED) is 0.0341.